The van der Waals surface area contributed by atoms with Crippen molar-refractivity contribution in [1.82, 2.24) is 20.6 Å². The van der Waals surface area contributed by atoms with Crippen molar-refractivity contribution in [2.75, 3.05) is 31.6 Å². The van der Waals surface area contributed by atoms with Crippen LogP contribution >= 0.6 is 0 Å². The number of rotatable bonds is 15. The fourth-order valence-corrected chi connectivity index (χ4v) is 4.13. The predicted octanol–water partition coefficient (Wildman–Crippen LogP) is 1.89. The van der Waals surface area contributed by atoms with Gasteiger partial charge in [0.05, 0.1) is 23.6 Å². The van der Waals surface area contributed by atoms with E-state index in [1.807, 2.05) is 6.07 Å². The first-order valence-corrected chi connectivity index (χ1v) is 13.4. The number of aliphatic carboxylic acids is 1. The lowest BCUT2D eigenvalue weighted by Crippen LogP contribution is -2.48. The molecule has 3 aromatic rings. The molecule has 0 bridgehead atoms. The van der Waals surface area contributed by atoms with Crippen LogP contribution < -0.4 is 26.4 Å². The van der Waals surface area contributed by atoms with Gasteiger partial charge in [0.25, 0.3) is 11.8 Å². The highest BCUT2D eigenvalue weighted by atomic mass is 16.5. The summed E-state index contributed by atoms with van der Waals surface area (Å²) in [5.41, 5.74) is 7.33. The number of hydrogen-bond donors (Lipinski definition) is 7. The summed E-state index contributed by atoms with van der Waals surface area (Å²) in [6.07, 6.45) is 2.08. The minimum Gasteiger partial charge on any atom is -0.508 e. The molecule has 13 heteroatoms. The van der Waals surface area contributed by atoms with Crippen LogP contribution in [-0.2, 0) is 11.2 Å². The van der Waals surface area contributed by atoms with Crippen LogP contribution in [0.3, 0.4) is 0 Å². The van der Waals surface area contributed by atoms with Crippen molar-refractivity contribution in [3.8, 4) is 17.2 Å². The number of amides is 2. The van der Waals surface area contributed by atoms with Gasteiger partial charge in [-0.25, -0.2) is 14.8 Å². The number of aryl methyl sites for hydroxylation is 3. The van der Waals surface area contributed by atoms with Crippen LogP contribution in [0.1, 0.15) is 50.5 Å². The molecule has 0 aliphatic carbocycles. The second-order valence-electron chi connectivity index (χ2n) is 9.57. The average molecular weight is 581 g/mol. The molecule has 1 atom stereocenters. The average Bonchev–Trinajstić information content (AvgIpc) is 2.92. The van der Waals surface area contributed by atoms with Crippen molar-refractivity contribution in [3.05, 3.63) is 70.5 Å². The number of phenolic OH excluding ortho intramolecular Hbond substituents is 2. The lowest BCUT2D eigenvalue weighted by Gasteiger charge is -2.17. The molecular formula is C29H36N6O7. The Morgan fingerprint density at radius 3 is 2.38 bits per heavy atom. The SMILES string of the molecule is Cc1nc(NCCCc2cccc(O)c2)nc(C)c1C(=O)N[C@@H](CNC(=O)c1cc(O)cc(OCCCN)c1)C(=O)O. The Morgan fingerprint density at radius 2 is 1.71 bits per heavy atom. The molecule has 0 aliphatic rings. The van der Waals surface area contributed by atoms with Gasteiger partial charge in [-0.05, 0) is 69.5 Å². The Bertz CT molecular complexity index is 1390. The highest BCUT2D eigenvalue weighted by Gasteiger charge is 2.25. The third kappa shape index (κ3) is 9.34. The highest BCUT2D eigenvalue weighted by molar-refractivity contribution is 5.99. The van der Waals surface area contributed by atoms with E-state index in [9.17, 15) is 29.7 Å². The number of nitrogens with one attached hydrogen (secondary N) is 3. The van der Waals surface area contributed by atoms with Gasteiger partial charge in [0.15, 0.2) is 0 Å². The summed E-state index contributed by atoms with van der Waals surface area (Å²) in [4.78, 5) is 46.2. The van der Waals surface area contributed by atoms with Crippen molar-refractivity contribution in [3.63, 3.8) is 0 Å². The van der Waals surface area contributed by atoms with E-state index in [4.69, 9.17) is 10.5 Å². The summed E-state index contributed by atoms with van der Waals surface area (Å²) < 4.78 is 5.47. The van der Waals surface area contributed by atoms with Gasteiger partial charge >= 0.3 is 5.97 Å². The standard InChI is InChI=1S/C29H36N6O7/c1-17-25(18(2)34-29(33-17)31-10-4-7-19-6-3-8-21(36)12-19)27(39)35-24(28(40)41)16-32-26(38)20-13-22(37)15-23(14-20)42-11-5-9-30/h3,6,8,12-15,24,36-37H,4-5,7,9-11,16,30H2,1-2H3,(H,32,38)(H,35,39)(H,40,41)(H,31,33,34)/t24-/m0/s1. The summed E-state index contributed by atoms with van der Waals surface area (Å²) in [6.45, 7) is 4.09. The molecule has 42 heavy (non-hydrogen) atoms. The van der Waals surface area contributed by atoms with Crippen LogP contribution in [0.25, 0.3) is 0 Å². The summed E-state index contributed by atoms with van der Waals surface area (Å²) >= 11 is 0. The van der Waals surface area contributed by atoms with Gasteiger partial charge in [-0.15, -0.1) is 0 Å². The quantitative estimate of drug-likeness (QED) is 0.129. The Kier molecular flexibility index (Phi) is 11.4. The maximum absolute atomic E-state index is 13.0. The number of hydrogen-bond acceptors (Lipinski definition) is 10. The topological polar surface area (TPSA) is 209 Å². The van der Waals surface area contributed by atoms with E-state index >= 15 is 0 Å². The van der Waals surface area contributed by atoms with Crippen LogP contribution in [0.4, 0.5) is 5.95 Å². The zero-order valence-corrected chi connectivity index (χ0v) is 23.5. The van der Waals surface area contributed by atoms with Crippen LogP contribution in [0.2, 0.25) is 0 Å². The van der Waals surface area contributed by atoms with Crippen molar-refractivity contribution in [2.45, 2.75) is 39.2 Å². The molecule has 8 N–H and O–H groups in total. The number of aromatic nitrogens is 2. The highest BCUT2D eigenvalue weighted by Crippen LogP contribution is 2.22. The first-order chi connectivity index (χ1) is 20.1. The number of carbonyl (C=O) groups is 3. The first kappa shape index (κ1) is 31.6. The molecule has 1 aromatic heterocycles. The Hall–Kier alpha value is -4.91. The van der Waals surface area contributed by atoms with E-state index in [1.165, 1.54) is 18.2 Å². The lowest BCUT2D eigenvalue weighted by molar-refractivity contribution is -0.139. The molecule has 0 saturated heterocycles. The maximum atomic E-state index is 13.0. The number of carboxylic acids is 1. The third-order valence-corrected chi connectivity index (χ3v) is 6.17. The molecule has 13 nitrogen and oxygen atoms in total. The zero-order chi connectivity index (χ0) is 30.6. The van der Waals surface area contributed by atoms with E-state index in [0.717, 1.165) is 18.4 Å². The molecule has 0 aliphatic heterocycles. The summed E-state index contributed by atoms with van der Waals surface area (Å²) in [6, 6.07) is 9.55. The predicted molar refractivity (Wildman–Crippen MR) is 155 cm³/mol. The fraction of sp³-hybridized carbons (Fsp3) is 0.345. The number of carboxylic acid groups (broad SMARTS) is 1. The molecule has 0 unspecified atom stereocenters. The number of ether oxygens (including phenoxy) is 1. The summed E-state index contributed by atoms with van der Waals surface area (Å²) in [7, 11) is 0. The summed E-state index contributed by atoms with van der Waals surface area (Å²) in [5.74, 6) is -2.11. The number of nitrogens with two attached hydrogens (primary N) is 1. The van der Waals surface area contributed by atoms with Gasteiger partial charge in [0.1, 0.15) is 23.3 Å². The molecule has 0 radical (unpaired) electrons. The minimum absolute atomic E-state index is 0.0540. The monoisotopic (exact) mass is 580 g/mol. The normalized spacial score (nSPS) is 11.4. The Morgan fingerprint density at radius 1 is 0.976 bits per heavy atom. The largest absolute Gasteiger partial charge is 0.508 e. The van der Waals surface area contributed by atoms with Crippen molar-refractivity contribution in [2.24, 2.45) is 5.73 Å². The van der Waals surface area contributed by atoms with Gasteiger partial charge in [-0.1, -0.05) is 12.1 Å². The molecule has 3 rings (SSSR count). The van der Waals surface area contributed by atoms with Gasteiger partial charge in [0.2, 0.25) is 5.95 Å². The number of carbonyl (C=O) groups excluding carboxylic acids is 2. The lowest BCUT2D eigenvalue weighted by atomic mass is 10.1. The first-order valence-electron chi connectivity index (χ1n) is 13.4. The molecular weight excluding hydrogens is 544 g/mol. The summed E-state index contributed by atoms with van der Waals surface area (Å²) in [5, 5.41) is 37.2. The molecule has 2 aromatic carbocycles. The number of phenols is 2. The van der Waals surface area contributed by atoms with Crippen molar-refractivity contribution in [1.29, 1.82) is 0 Å². The number of anilines is 1. The van der Waals surface area contributed by atoms with Crippen LogP contribution in [0.5, 0.6) is 17.2 Å². The van der Waals surface area contributed by atoms with E-state index < -0.39 is 30.4 Å². The van der Waals surface area contributed by atoms with E-state index in [2.05, 4.69) is 25.9 Å². The number of benzene rings is 2. The molecule has 0 fully saturated rings. The molecule has 1 heterocycles. The second kappa shape index (κ2) is 15.2. The van der Waals surface area contributed by atoms with Crippen LogP contribution in [0, 0.1) is 13.8 Å². The maximum Gasteiger partial charge on any atom is 0.328 e. The fourth-order valence-electron chi connectivity index (χ4n) is 4.13. The van der Waals surface area contributed by atoms with Crippen LogP contribution in [-0.4, -0.2) is 75.4 Å². The number of aromatic hydroxyl groups is 2. The van der Waals surface area contributed by atoms with Gasteiger partial charge < -0.3 is 41.7 Å². The Labute approximate surface area is 243 Å². The van der Waals surface area contributed by atoms with E-state index in [-0.39, 0.29) is 28.4 Å². The molecule has 0 saturated carbocycles. The molecule has 224 valence electrons. The van der Waals surface area contributed by atoms with Crippen molar-refractivity contribution < 1.29 is 34.4 Å². The minimum atomic E-state index is -1.45. The van der Waals surface area contributed by atoms with Gasteiger partial charge in [-0.3, -0.25) is 9.59 Å². The van der Waals surface area contributed by atoms with E-state index in [1.54, 1.807) is 32.0 Å². The second-order valence-corrected chi connectivity index (χ2v) is 9.57. The Balaban J connectivity index is 1.58. The van der Waals surface area contributed by atoms with Gasteiger partial charge in [0, 0.05) is 24.7 Å². The molecule has 2 amide bonds. The third-order valence-electron chi connectivity index (χ3n) is 6.17. The van der Waals surface area contributed by atoms with Gasteiger partial charge in [-0.2, -0.15) is 0 Å². The zero-order valence-electron chi connectivity index (χ0n) is 23.5. The van der Waals surface area contributed by atoms with Crippen LogP contribution in [0.15, 0.2) is 42.5 Å². The van der Waals surface area contributed by atoms with E-state index in [0.29, 0.717) is 43.5 Å². The van der Waals surface area contributed by atoms with Crippen molar-refractivity contribution >= 4 is 23.7 Å². The smallest absolute Gasteiger partial charge is 0.328 e. The molecule has 0 spiro atoms. The number of nitrogens with zero attached hydrogens (tertiary/aromatic N) is 2.